The molecule has 0 aliphatic rings. The minimum absolute atomic E-state index is 0.761. The lowest BCUT2D eigenvalue weighted by atomic mass is 10.3. The van der Waals surface area contributed by atoms with Gasteiger partial charge in [0.05, 0.1) is 10.7 Å². The summed E-state index contributed by atoms with van der Waals surface area (Å²) in [4.78, 5) is 4.21. The zero-order valence-electron chi connectivity index (χ0n) is 8.47. The van der Waals surface area contributed by atoms with E-state index in [1.54, 1.807) is 17.5 Å². The van der Waals surface area contributed by atoms with Crippen LogP contribution in [0.25, 0.3) is 0 Å². The van der Waals surface area contributed by atoms with Crippen molar-refractivity contribution >= 4 is 17.2 Å². The molecule has 0 saturated heterocycles. The fourth-order valence-electron chi connectivity index (χ4n) is 1.22. The Bertz CT molecular complexity index is 396. The lowest BCUT2D eigenvalue weighted by Gasteiger charge is -2.01. The van der Waals surface area contributed by atoms with Gasteiger partial charge in [0.15, 0.2) is 0 Å². The molecule has 0 saturated carbocycles. The van der Waals surface area contributed by atoms with Crippen LogP contribution in [0.3, 0.4) is 0 Å². The third-order valence-electron chi connectivity index (χ3n) is 1.89. The van der Waals surface area contributed by atoms with Crippen LogP contribution in [0.15, 0.2) is 23.7 Å². The van der Waals surface area contributed by atoms with E-state index >= 15 is 0 Å². The maximum absolute atomic E-state index is 4.21. The summed E-state index contributed by atoms with van der Waals surface area (Å²) in [7, 11) is 0. The molecular formula is C10H12N4S. The summed E-state index contributed by atoms with van der Waals surface area (Å²) in [6.45, 7) is 2.89. The molecular weight excluding hydrogens is 208 g/mol. The van der Waals surface area contributed by atoms with E-state index in [0.717, 1.165) is 29.5 Å². The number of hydrogen-bond acceptors (Lipinski definition) is 5. The van der Waals surface area contributed by atoms with Gasteiger partial charge in [-0.05, 0) is 19.1 Å². The zero-order chi connectivity index (χ0) is 10.5. The first-order chi connectivity index (χ1) is 7.38. The normalized spacial score (nSPS) is 10.2. The molecule has 0 fully saturated rings. The molecule has 0 spiro atoms. The Morgan fingerprint density at radius 3 is 2.87 bits per heavy atom. The summed E-state index contributed by atoms with van der Waals surface area (Å²) in [5, 5.41) is 14.3. The fraction of sp³-hybridized carbons (Fsp3) is 0.300. The molecule has 0 radical (unpaired) electrons. The van der Waals surface area contributed by atoms with Gasteiger partial charge < -0.3 is 5.32 Å². The van der Waals surface area contributed by atoms with Crippen molar-refractivity contribution in [2.75, 3.05) is 11.9 Å². The Labute approximate surface area is 92.4 Å². The Balaban J connectivity index is 2.04. The average Bonchev–Trinajstić information content (AvgIpc) is 2.74. The highest BCUT2D eigenvalue weighted by Crippen LogP contribution is 2.10. The second kappa shape index (κ2) is 4.84. The molecule has 2 aromatic heterocycles. The highest BCUT2D eigenvalue weighted by Gasteiger charge is 2.00. The van der Waals surface area contributed by atoms with Crippen LogP contribution < -0.4 is 5.32 Å². The van der Waals surface area contributed by atoms with Crippen molar-refractivity contribution in [1.29, 1.82) is 0 Å². The Hall–Kier alpha value is -1.49. The maximum Gasteiger partial charge on any atom is 0.148 e. The van der Waals surface area contributed by atoms with Crippen LogP contribution >= 0.6 is 11.3 Å². The lowest BCUT2D eigenvalue weighted by Crippen LogP contribution is -2.02. The lowest BCUT2D eigenvalue weighted by molar-refractivity contribution is 0.927. The molecule has 15 heavy (non-hydrogen) atoms. The molecule has 0 bridgehead atoms. The number of rotatable bonds is 4. The Morgan fingerprint density at radius 2 is 2.27 bits per heavy atom. The number of nitrogens with zero attached hydrogens (tertiary/aromatic N) is 3. The van der Waals surface area contributed by atoms with Gasteiger partial charge in [-0.3, -0.25) is 0 Å². The van der Waals surface area contributed by atoms with Gasteiger partial charge in [-0.2, -0.15) is 5.10 Å². The number of anilines is 1. The highest BCUT2D eigenvalue weighted by molar-refractivity contribution is 7.09. The summed E-state index contributed by atoms with van der Waals surface area (Å²) in [6.07, 6.45) is 2.57. The largest absolute Gasteiger partial charge is 0.369 e. The molecule has 0 atom stereocenters. The van der Waals surface area contributed by atoms with Gasteiger partial charge >= 0.3 is 0 Å². The number of hydrogen-bond donors (Lipinski definition) is 1. The molecule has 0 amide bonds. The van der Waals surface area contributed by atoms with Crippen LogP contribution in [-0.4, -0.2) is 21.7 Å². The van der Waals surface area contributed by atoms with Gasteiger partial charge in [-0.25, -0.2) is 4.98 Å². The van der Waals surface area contributed by atoms with Crippen LogP contribution in [0.2, 0.25) is 0 Å². The maximum atomic E-state index is 4.21. The van der Waals surface area contributed by atoms with Crippen molar-refractivity contribution in [3.05, 3.63) is 34.4 Å². The van der Waals surface area contributed by atoms with Gasteiger partial charge in [0.1, 0.15) is 5.82 Å². The van der Waals surface area contributed by atoms with Crippen molar-refractivity contribution in [3.63, 3.8) is 0 Å². The quantitative estimate of drug-likeness (QED) is 0.855. The summed E-state index contributed by atoms with van der Waals surface area (Å²) in [6, 6.07) is 3.92. The molecule has 5 heteroatoms. The first-order valence-corrected chi connectivity index (χ1v) is 5.71. The topological polar surface area (TPSA) is 50.7 Å². The predicted octanol–water partition coefficient (Wildman–Crippen LogP) is 1.96. The van der Waals surface area contributed by atoms with E-state index in [2.05, 4.69) is 20.5 Å². The summed E-state index contributed by atoms with van der Waals surface area (Å²) >= 11 is 1.64. The number of aromatic nitrogens is 3. The molecule has 2 aromatic rings. The van der Waals surface area contributed by atoms with Crippen molar-refractivity contribution in [1.82, 2.24) is 15.2 Å². The monoisotopic (exact) mass is 220 g/mol. The third kappa shape index (κ3) is 2.73. The Morgan fingerprint density at radius 1 is 1.33 bits per heavy atom. The molecule has 2 rings (SSSR count). The predicted molar refractivity (Wildman–Crippen MR) is 61.1 cm³/mol. The minimum Gasteiger partial charge on any atom is -0.369 e. The molecule has 0 aromatic carbocycles. The fourth-order valence-corrected chi connectivity index (χ4v) is 1.86. The summed E-state index contributed by atoms with van der Waals surface area (Å²) < 4.78 is 0. The first kappa shape index (κ1) is 10.0. The van der Waals surface area contributed by atoms with Crippen molar-refractivity contribution in [3.8, 4) is 0 Å². The van der Waals surface area contributed by atoms with Crippen LogP contribution in [0.5, 0.6) is 0 Å². The van der Waals surface area contributed by atoms with E-state index < -0.39 is 0 Å². The summed E-state index contributed by atoms with van der Waals surface area (Å²) in [5.74, 6) is 0.820. The van der Waals surface area contributed by atoms with Crippen LogP contribution in [0, 0.1) is 0 Å². The minimum atomic E-state index is 0.761. The van der Waals surface area contributed by atoms with E-state index in [1.165, 1.54) is 0 Å². The van der Waals surface area contributed by atoms with Gasteiger partial charge in [0, 0.05) is 24.5 Å². The highest BCUT2D eigenvalue weighted by atomic mass is 32.1. The molecule has 0 aliphatic carbocycles. The second-order valence-electron chi connectivity index (χ2n) is 3.04. The molecule has 78 valence electrons. The smallest absolute Gasteiger partial charge is 0.148 e. The standard InChI is InChI=1S/C10H12N4S/c1-2-11-9-4-3-8(13-14-9)7-10-12-5-6-15-10/h3-6H,2,7H2,1H3,(H,11,14). The van der Waals surface area contributed by atoms with Crippen molar-refractivity contribution in [2.45, 2.75) is 13.3 Å². The SMILES string of the molecule is CCNc1ccc(Cc2nccs2)nn1. The van der Waals surface area contributed by atoms with Crippen LogP contribution in [0.4, 0.5) is 5.82 Å². The van der Waals surface area contributed by atoms with Gasteiger partial charge in [0.2, 0.25) is 0 Å². The molecule has 1 N–H and O–H groups in total. The van der Waals surface area contributed by atoms with Gasteiger partial charge in [-0.1, -0.05) is 0 Å². The van der Waals surface area contributed by atoms with E-state index in [1.807, 2.05) is 24.4 Å². The van der Waals surface area contributed by atoms with E-state index in [-0.39, 0.29) is 0 Å². The van der Waals surface area contributed by atoms with E-state index in [9.17, 15) is 0 Å². The first-order valence-electron chi connectivity index (χ1n) is 4.83. The van der Waals surface area contributed by atoms with Gasteiger partial charge in [-0.15, -0.1) is 16.4 Å². The number of thiazole rings is 1. The average molecular weight is 220 g/mol. The van der Waals surface area contributed by atoms with E-state index in [4.69, 9.17) is 0 Å². The molecule has 4 nitrogen and oxygen atoms in total. The van der Waals surface area contributed by atoms with Crippen LogP contribution in [-0.2, 0) is 6.42 Å². The summed E-state index contributed by atoms with van der Waals surface area (Å²) in [5.41, 5.74) is 0.951. The second-order valence-corrected chi connectivity index (χ2v) is 4.02. The molecule has 0 unspecified atom stereocenters. The zero-order valence-corrected chi connectivity index (χ0v) is 9.29. The molecule has 2 heterocycles. The molecule has 0 aliphatic heterocycles. The van der Waals surface area contributed by atoms with E-state index in [0.29, 0.717) is 0 Å². The van der Waals surface area contributed by atoms with Crippen LogP contribution in [0.1, 0.15) is 17.6 Å². The third-order valence-corrected chi connectivity index (χ3v) is 2.67. The Kier molecular flexibility index (Phi) is 3.24. The van der Waals surface area contributed by atoms with Crippen molar-refractivity contribution < 1.29 is 0 Å². The van der Waals surface area contributed by atoms with Crippen molar-refractivity contribution in [2.24, 2.45) is 0 Å². The van der Waals surface area contributed by atoms with Gasteiger partial charge in [0.25, 0.3) is 0 Å². The number of nitrogens with one attached hydrogen (secondary N) is 1.